The van der Waals surface area contributed by atoms with Gasteiger partial charge in [0, 0.05) is 0 Å². The number of benzene rings is 7. The summed E-state index contributed by atoms with van der Waals surface area (Å²) in [5.74, 6) is -11.0. The molecule has 0 amide bonds. The summed E-state index contributed by atoms with van der Waals surface area (Å²) in [4.78, 5) is 28.7. The zero-order valence-electron chi connectivity index (χ0n) is 30.2. The summed E-state index contributed by atoms with van der Waals surface area (Å²) < 4.78 is 12.5. The van der Waals surface area contributed by atoms with Crippen LogP contribution in [0.1, 0.15) is 22.7 Å². The summed E-state index contributed by atoms with van der Waals surface area (Å²) in [7, 11) is 0. The van der Waals surface area contributed by atoms with Crippen LogP contribution in [-0.4, -0.2) is 13.2 Å². The molecule has 0 saturated carbocycles. The zero-order chi connectivity index (χ0) is 38.7. The molecule has 2 unspecified atom stereocenters. The van der Waals surface area contributed by atoms with Gasteiger partial charge < -0.3 is 0 Å². The van der Waals surface area contributed by atoms with E-state index in [9.17, 15) is 9.81 Å². The molecule has 1 aliphatic rings. The molecular weight excluding hydrogens is 777 g/mol. The second kappa shape index (κ2) is 15.0. The van der Waals surface area contributed by atoms with Crippen LogP contribution in [-0.2, 0) is 0 Å². The summed E-state index contributed by atoms with van der Waals surface area (Å²) in [5.41, 5.74) is 0.742. The maximum atomic E-state index is 14.3. The molecule has 56 heavy (non-hydrogen) atoms. The van der Waals surface area contributed by atoms with Gasteiger partial charge in [-0.2, -0.15) is 0 Å². The summed E-state index contributed by atoms with van der Waals surface area (Å²) in [6.45, 7) is 0.571. The third kappa shape index (κ3) is 5.54. The Labute approximate surface area is 335 Å². The van der Waals surface area contributed by atoms with Crippen LogP contribution < -0.4 is 41.3 Å². The van der Waals surface area contributed by atoms with Gasteiger partial charge in [0.1, 0.15) is 0 Å². The molecular formula is C46H38Cl2N2O4P2. The van der Waals surface area contributed by atoms with Crippen LogP contribution in [0, 0.1) is 9.81 Å². The van der Waals surface area contributed by atoms with Crippen molar-refractivity contribution in [2.24, 2.45) is 10.4 Å². The Morgan fingerprint density at radius 1 is 0.393 bits per heavy atom. The fourth-order valence-electron chi connectivity index (χ4n) is 8.44. The molecule has 0 fully saturated rings. The van der Waals surface area contributed by atoms with Crippen LogP contribution in [0.15, 0.2) is 204 Å². The van der Waals surface area contributed by atoms with Crippen LogP contribution in [0.5, 0.6) is 11.5 Å². The third-order valence-electron chi connectivity index (χ3n) is 11.0. The van der Waals surface area contributed by atoms with E-state index in [1.165, 1.54) is 0 Å². The normalized spacial score (nSPS) is 15.2. The van der Waals surface area contributed by atoms with Crippen molar-refractivity contribution in [2.45, 2.75) is 11.6 Å². The monoisotopic (exact) mass is 814 g/mol. The van der Waals surface area contributed by atoms with Crippen LogP contribution in [0.25, 0.3) is 0 Å². The van der Waals surface area contributed by atoms with E-state index in [-0.39, 0.29) is 13.2 Å². The van der Waals surface area contributed by atoms with E-state index in [2.05, 4.69) is 10.4 Å². The summed E-state index contributed by atoms with van der Waals surface area (Å²) in [5, 5.41) is 12.5. The van der Waals surface area contributed by atoms with Crippen molar-refractivity contribution in [3.8, 4) is 11.5 Å². The van der Waals surface area contributed by atoms with Crippen LogP contribution in [0.4, 0.5) is 0 Å². The van der Waals surface area contributed by atoms with Crippen LogP contribution in [0.2, 0.25) is 0 Å². The second-order valence-corrected chi connectivity index (χ2v) is 26.3. The van der Waals surface area contributed by atoms with Crippen molar-refractivity contribution in [1.29, 1.82) is 0 Å². The molecule has 0 spiro atoms. The van der Waals surface area contributed by atoms with Gasteiger partial charge in [0.15, 0.2) is 0 Å². The van der Waals surface area contributed by atoms with Crippen molar-refractivity contribution in [2.75, 3.05) is 13.2 Å². The molecule has 280 valence electrons. The molecule has 7 aromatic rings. The quantitative estimate of drug-likeness (QED) is 0.0909. The predicted molar refractivity (Wildman–Crippen MR) is 237 cm³/mol. The van der Waals surface area contributed by atoms with Gasteiger partial charge in [-0.25, -0.2) is 0 Å². The minimum atomic E-state index is -4.57. The third-order valence-corrected chi connectivity index (χ3v) is 26.0. The first-order chi connectivity index (χ1) is 27.4. The average Bonchev–Trinajstić information content (AvgIpc) is 3.28. The van der Waals surface area contributed by atoms with Gasteiger partial charge >= 0.3 is 337 Å². The van der Waals surface area contributed by atoms with Crippen LogP contribution in [0.3, 0.4) is 0 Å². The number of rotatable bonds is 12. The molecule has 6 nitrogen and oxygen atoms in total. The van der Waals surface area contributed by atoms with Gasteiger partial charge in [-0.15, -0.1) is 0 Å². The standard InChI is InChI=1S/C46H38Cl2N2O4P2/c47-55(35-19-7-1-8-20-35,36-21-9-2-10-22-36,37-23-11-3-12-24-37)45(49-51)41-33-43-44(54-32-31-53-43)34-42(41)46(50-52)56(48,38-25-13-4-14-26-38,39-27-15-5-16-28-39)40-29-17-6-18-30-40/h1-30,33-34,45-46H,31-32H2. The first-order valence-corrected chi connectivity index (χ1v) is 24.7. The Morgan fingerprint density at radius 2 is 0.607 bits per heavy atom. The Balaban J connectivity index is 1.57. The van der Waals surface area contributed by atoms with Gasteiger partial charge in [0.05, 0.1) is 0 Å². The number of hydrogen-bond acceptors (Lipinski definition) is 6. The molecule has 2 atom stereocenters. The van der Waals surface area contributed by atoms with E-state index in [1.54, 1.807) is 12.1 Å². The number of nitroso groups, excluding NO2 is 2. The van der Waals surface area contributed by atoms with Crippen molar-refractivity contribution < 1.29 is 9.47 Å². The second-order valence-electron chi connectivity index (χ2n) is 13.7. The molecule has 1 aliphatic heterocycles. The molecule has 0 bridgehead atoms. The molecule has 0 radical (unpaired) electrons. The van der Waals surface area contributed by atoms with Gasteiger partial charge in [-0.05, 0) is 0 Å². The molecule has 1 heterocycles. The fourth-order valence-corrected chi connectivity index (χ4v) is 21.2. The summed E-state index contributed by atoms with van der Waals surface area (Å²) >= 11 is 17.4. The molecule has 10 heteroatoms. The van der Waals surface area contributed by atoms with E-state index >= 15 is 0 Å². The first-order valence-electron chi connectivity index (χ1n) is 18.3. The van der Waals surface area contributed by atoms with Gasteiger partial charge in [0.2, 0.25) is 0 Å². The number of hydrogen-bond donors (Lipinski definition) is 0. The Kier molecular flexibility index (Phi) is 10.1. The molecule has 0 saturated heterocycles. The Bertz CT molecular complexity index is 2110. The molecule has 0 N–H and O–H groups in total. The van der Waals surface area contributed by atoms with Gasteiger partial charge in [0.25, 0.3) is 0 Å². The van der Waals surface area contributed by atoms with Crippen molar-refractivity contribution in [1.82, 2.24) is 0 Å². The van der Waals surface area contributed by atoms with Gasteiger partial charge in [-0.1, -0.05) is 0 Å². The molecule has 0 aliphatic carbocycles. The predicted octanol–water partition coefficient (Wildman–Crippen LogP) is 10.4. The minimum absolute atomic E-state index is 0.286. The molecule has 8 rings (SSSR count). The first kappa shape index (κ1) is 37.7. The molecule has 0 aromatic heterocycles. The van der Waals surface area contributed by atoms with Crippen LogP contribution >= 0.6 is 34.4 Å². The Morgan fingerprint density at radius 3 is 0.804 bits per heavy atom. The fraction of sp³-hybridized carbons (Fsp3) is 0.0870. The number of nitrogens with zero attached hydrogens (tertiary/aromatic N) is 2. The number of ether oxygens (including phenoxy) is 2. The van der Waals surface area contributed by atoms with Crippen molar-refractivity contribution in [3.05, 3.63) is 215 Å². The number of fused-ring (bicyclic) bond motifs is 1. The van der Waals surface area contributed by atoms with Crippen molar-refractivity contribution >= 4 is 66.2 Å². The number of halogens is 2. The van der Waals surface area contributed by atoms with Crippen molar-refractivity contribution in [3.63, 3.8) is 0 Å². The van der Waals surface area contributed by atoms with E-state index < -0.39 is 23.5 Å². The van der Waals surface area contributed by atoms with E-state index in [1.807, 2.05) is 182 Å². The Hall–Kier alpha value is -5.22. The van der Waals surface area contributed by atoms with Gasteiger partial charge in [-0.3, -0.25) is 0 Å². The molecule has 7 aromatic carbocycles. The zero-order valence-corrected chi connectivity index (χ0v) is 33.5. The van der Waals surface area contributed by atoms with E-state index in [4.69, 9.17) is 32.0 Å². The van der Waals surface area contributed by atoms with E-state index in [0.717, 1.165) is 31.8 Å². The topological polar surface area (TPSA) is 77.3 Å². The SMILES string of the molecule is O=NC(c1cc2c(cc1C(N=O)P(Cl)(c1ccccc1)(c1ccccc1)c1ccccc1)OCCO2)P(Cl)(c1ccccc1)(c1ccccc1)c1ccccc1. The average molecular weight is 816 g/mol. The van der Waals surface area contributed by atoms with E-state index in [0.29, 0.717) is 22.6 Å². The summed E-state index contributed by atoms with van der Waals surface area (Å²) in [6, 6.07) is 61.5. The summed E-state index contributed by atoms with van der Waals surface area (Å²) in [6.07, 6.45) is 0. The maximum absolute atomic E-state index is 14.3.